The summed E-state index contributed by atoms with van der Waals surface area (Å²) in [6, 6.07) is 16.8. The lowest BCUT2D eigenvalue weighted by Crippen LogP contribution is -2.61. The number of hydrogen-bond acceptors (Lipinski definition) is 9. The molecule has 4 aromatic rings. The molecule has 2 aromatic heterocycles. The van der Waals surface area contributed by atoms with Crippen LogP contribution in [0.2, 0.25) is 0 Å². The molecule has 4 heterocycles. The number of fused-ring (bicyclic) bond motifs is 1. The summed E-state index contributed by atoms with van der Waals surface area (Å²) in [6.07, 6.45) is 5.38. The van der Waals surface area contributed by atoms with Crippen LogP contribution in [0, 0.1) is 17.3 Å². The van der Waals surface area contributed by atoms with Crippen molar-refractivity contribution in [1.29, 1.82) is 0 Å². The van der Waals surface area contributed by atoms with E-state index in [1.165, 1.54) is 11.0 Å². The Morgan fingerprint density at radius 3 is 2.45 bits per heavy atom. The van der Waals surface area contributed by atoms with Gasteiger partial charge in [-0.2, -0.15) is 0 Å². The largest absolute Gasteiger partial charge is 0.467 e. The molecule has 342 valence electrons. The predicted octanol–water partition coefficient (Wildman–Crippen LogP) is 6.12. The van der Waals surface area contributed by atoms with Crippen molar-refractivity contribution in [2.24, 2.45) is 17.3 Å². The Labute approximate surface area is 377 Å². The van der Waals surface area contributed by atoms with Gasteiger partial charge in [0, 0.05) is 81.4 Å². The molecule has 2 aromatic carbocycles. The van der Waals surface area contributed by atoms with Gasteiger partial charge in [0.1, 0.15) is 12.1 Å². The smallest absolute Gasteiger partial charge is 0.293 e. The second-order valence-corrected chi connectivity index (χ2v) is 18.2. The molecule has 14 heteroatoms. The molecule has 2 fully saturated rings. The Morgan fingerprint density at radius 1 is 1.05 bits per heavy atom. The quantitative estimate of drug-likeness (QED) is 0.0838. The lowest BCUT2D eigenvalue weighted by Gasteiger charge is -2.41. The molecule has 2 saturated heterocycles. The van der Waals surface area contributed by atoms with Crippen LogP contribution in [0.1, 0.15) is 77.3 Å². The molecular formula is C50H65N7O7. The molecule has 14 nitrogen and oxygen atoms in total. The number of likely N-dealkylation sites (tertiary alicyclic amines) is 1. The molecule has 0 radical (unpaired) electrons. The average molecular weight is 876 g/mol. The van der Waals surface area contributed by atoms with Gasteiger partial charge in [-0.3, -0.25) is 34.0 Å². The van der Waals surface area contributed by atoms with Crippen LogP contribution in [0.15, 0.2) is 73.4 Å². The molecule has 2 aliphatic heterocycles. The van der Waals surface area contributed by atoms with Gasteiger partial charge < -0.3 is 29.2 Å². The van der Waals surface area contributed by atoms with Crippen molar-refractivity contribution in [2.75, 3.05) is 46.9 Å². The van der Waals surface area contributed by atoms with E-state index < -0.39 is 29.3 Å². The summed E-state index contributed by atoms with van der Waals surface area (Å²) < 4.78 is 13.4. The molecule has 4 amide bonds. The fraction of sp³-hybridized carbons (Fsp3) is 0.480. The van der Waals surface area contributed by atoms with E-state index in [9.17, 15) is 24.0 Å². The van der Waals surface area contributed by atoms with Crippen LogP contribution in [0.5, 0.6) is 0 Å². The topological polar surface area (TPSA) is 155 Å². The maximum Gasteiger partial charge on any atom is 0.293 e. The standard InChI is InChI=1S/C50H65N7O7/c1-10-43(59)55-28-37(29-55)48(61)54(8)45(32(3)4)47(60)53-41(49(62)57-23-13-12-22-52-57)25-34-16-14-17-35(24-34)36-19-20-42-39(26-36)40(27-50(6,7)30-64-31-58)46(56(42)11-2)38-18-15-21-51-44(38)33(5)63-9/h10,14-21,24,26,31-33,37,41,45,52H,1,11-13,22-23,25,27-30H2,2-9H3,(H,53,60). The Balaban J connectivity index is 1.35. The number of rotatable bonds is 19. The maximum atomic E-state index is 14.3. The Bertz CT molecular complexity index is 2340. The molecule has 2 N–H and O–H groups in total. The van der Waals surface area contributed by atoms with Crippen molar-refractivity contribution in [3.05, 3.63) is 90.3 Å². The number of pyridine rings is 1. The zero-order chi connectivity index (χ0) is 46.3. The highest BCUT2D eigenvalue weighted by atomic mass is 16.5. The number of ether oxygens (including phenoxy) is 2. The number of aromatic nitrogens is 2. The third-order valence-electron chi connectivity index (χ3n) is 12.6. The highest BCUT2D eigenvalue weighted by Gasteiger charge is 2.41. The van der Waals surface area contributed by atoms with Crippen LogP contribution in [0.4, 0.5) is 0 Å². The molecule has 3 unspecified atom stereocenters. The van der Waals surface area contributed by atoms with E-state index in [0.717, 1.165) is 62.9 Å². The van der Waals surface area contributed by atoms with E-state index in [-0.39, 0.29) is 55.9 Å². The first-order chi connectivity index (χ1) is 30.6. The molecule has 0 aliphatic carbocycles. The van der Waals surface area contributed by atoms with Gasteiger partial charge in [0.05, 0.1) is 30.0 Å². The van der Waals surface area contributed by atoms with Crippen LogP contribution in [0.25, 0.3) is 33.3 Å². The van der Waals surface area contributed by atoms with Crippen molar-refractivity contribution in [3.63, 3.8) is 0 Å². The van der Waals surface area contributed by atoms with Crippen LogP contribution in [-0.2, 0) is 52.8 Å². The molecule has 3 atom stereocenters. The van der Waals surface area contributed by atoms with Crippen LogP contribution >= 0.6 is 0 Å². The number of likely N-dealkylation sites (N-methyl/N-ethyl adjacent to an activating group) is 1. The lowest BCUT2D eigenvalue weighted by molar-refractivity contribution is -0.151. The van der Waals surface area contributed by atoms with Crippen LogP contribution < -0.4 is 10.7 Å². The van der Waals surface area contributed by atoms with Gasteiger partial charge in [-0.15, -0.1) is 0 Å². The number of carbonyl (C=O) groups is 5. The first-order valence-electron chi connectivity index (χ1n) is 22.4. The highest BCUT2D eigenvalue weighted by molar-refractivity contribution is 5.96. The molecule has 2 aliphatic rings. The Morgan fingerprint density at radius 2 is 1.80 bits per heavy atom. The van der Waals surface area contributed by atoms with Gasteiger partial charge in [0.15, 0.2) is 0 Å². The van der Waals surface area contributed by atoms with E-state index in [2.05, 4.69) is 73.0 Å². The van der Waals surface area contributed by atoms with Crippen molar-refractivity contribution >= 4 is 41.0 Å². The first kappa shape index (κ1) is 47.6. The van der Waals surface area contributed by atoms with Crippen molar-refractivity contribution in [1.82, 2.24) is 35.1 Å². The van der Waals surface area contributed by atoms with E-state index >= 15 is 0 Å². The number of aryl methyl sites for hydroxylation is 1. The number of carbonyl (C=O) groups excluding carboxylic acids is 5. The highest BCUT2D eigenvalue weighted by Crippen LogP contribution is 2.42. The van der Waals surface area contributed by atoms with Crippen molar-refractivity contribution in [3.8, 4) is 22.4 Å². The number of amides is 4. The number of hydrazine groups is 1. The summed E-state index contributed by atoms with van der Waals surface area (Å²) in [6.45, 7) is 18.8. The van der Waals surface area contributed by atoms with E-state index in [1.807, 2.05) is 45.0 Å². The lowest BCUT2D eigenvalue weighted by atomic mass is 9.84. The summed E-state index contributed by atoms with van der Waals surface area (Å²) in [5, 5.41) is 5.74. The maximum absolute atomic E-state index is 14.3. The number of benzene rings is 2. The summed E-state index contributed by atoms with van der Waals surface area (Å²) in [5.41, 5.74) is 10.6. The van der Waals surface area contributed by atoms with Crippen molar-refractivity contribution in [2.45, 2.75) is 92.0 Å². The third kappa shape index (κ3) is 10.4. The summed E-state index contributed by atoms with van der Waals surface area (Å²) in [7, 11) is 3.30. The third-order valence-corrected chi connectivity index (χ3v) is 12.6. The average Bonchev–Trinajstić information content (AvgIpc) is 3.58. The molecular weight excluding hydrogens is 811 g/mol. The van der Waals surface area contributed by atoms with Gasteiger partial charge in [0.2, 0.25) is 17.7 Å². The molecule has 64 heavy (non-hydrogen) atoms. The monoisotopic (exact) mass is 875 g/mol. The molecule has 6 rings (SSSR count). The Hall–Kier alpha value is -5.86. The van der Waals surface area contributed by atoms with Gasteiger partial charge in [0.25, 0.3) is 12.4 Å². The number of methoxy groups -OCH3 is 1. The number of hydrogen-bond donors (Lipinski definition) is 2. The molecule has 0 bridgehead atoms. The first-order valence-corrected chi connectivity index (χ1v) is 22.4. The normalized spacial score (nSPS) is 15.9. The summed E-state index contributed by atoms with van der Waals surface area (Å²) >= 11 is 0. The summed E-state index contributed by atoms with van der Waals surface area (Å²) in [4.78, 5) is 73.4. The second-order valence-electron chi connectivity index (χ2n) is 18.2. The van der Waals surface area contributed by atoms with E-state index in [1.54, 1.807) is 30.3 Å². The van der Waals surface area contributed by atoms with Crippen molar-refractivity contribution < 1.29 is 33.4 Å². The van der Waals surface area contributed by atoms with Gasteiger partial charge in [-0.05, 0) is 91.6 Å². The van der Waals surface area contributed by atoms with Gasteiger partial charge >= 0.3 is 0 Å². The molecule has 0 saturated carbocycles. The minimum absolute atomic E-state index is 0.219. The van der Waals surface area contributed by atoms with Crippen LogP contribution in [-0.4, -0.2) is 113 Å². The SMILES string of the molecule is C=CC(=O)N1CC(C(=O)N(C)C(C(=O)NC(Cc2cccc(-c3ccc4c(c3)c(CC(C)(C)COC=O)c(-c3cccnc3C(C)OC)n4CC)c2)C(=O)N2CCCCN2)C(C)C)C1. The molecule has 0 spiro atoms. The minimum atomic E-state index is -0.920. The Kier molecular flexibility index (Phi) is 15.4. The number of nitrogens with zero attached hydrogens (tertiary/aromatic N) is 5. The van der Waals surface area contributed by atoms with Gasteiger partial charge in [-0.25, -0.2) is 5.43 Å². The zero-order valence-electron chi connectivity index (χ0n) is 38.7. The zero-order valence-corrected chi connectivity index (χ0v) is 38.7. The summed E-state index contributed by atoms with van der Waals surface area (Å²) in [5.74, 6) is -1.79. The minimum Gasteiger partial charge on any atom is -0.467 e. The predicted molar refractivity (Wildman–Crippen MR) is 247 cm³/mol. The second kappa shape index (κ2) is 20.8. The fourth-order valence-electron chi connectivity index (χ4n) is 9.19. The van der Waals surface area contributed by atoms with Gasteiger partial charge in [-0.1, -0.05) is 64.6 Å². The number of nitrogens with one attached hydrogen (secondary N) is 2. The van der Waals surface area contributed by atoms with E-state index in [0.29, 0.717) is 32.5 Å². The fourth-order valence-corrected chi connectivity index (χ4v) is 9.19. The van der Waals surface area contributed by atoms with E-state index in [4.69, 9.17) is 14.5 Å². The van der Waals surface area contributed by atoms with Crippen LogP contribution in [0.3, 0.4) is 0 Å².